The predicted molar refractivity (Wildman–Crippen MR) is 130 cm³/mol. The van der Waals surface area contributed by atoms with Crippen LogP contribution in [0.15, 0.2) is 48.5 Å². The first-order valence-electron chi connectivity index (χ1n) is 12.6. The number of unbranched alkanes of at least 4 members (excludes halogenated alkanes) is 1. The van der Waals surface area contributed by atoms with E-state index in [0.717, 1.165) is 41.5 Å². The molecule has 1 N–H and O–H groups in total. The molecule has 3 aliphatic rings. The Bertz CT molecular complexity index is 1120. The van der Waals surface area contributed by atoms with E-state index in [1.54, 1.807) is 0 Å². The topological polar surface area (TPSA) is 119 Å². The molecule has 0 spiro atoms. The Balaban J connectivity index is 1.34. The number of carbonyl (C=O) groups excluding carboxylic acids is 1. The summed E-state index contributed by atoms with van der Waals surface area (Å²) >= 11 is 0. The number of carbonyl (C=O) groups is 2. The molecule has 2 aromatic carbocycles. The summed E-state index contributed by atoms with van der Waals surface area (Å²) in [7, 11) is 0. The molecule has 1 aliphatic heterocycles. The molecule has 9 nitrogen and oxygen atoms in total. The van der Waals surface area contributed by atoms with Gasteiger partial charge in [0.2, 0.25) is 0 Å². The highest BCUT2D eigenvalue weighted by Crippen LogP contribution is 2.50. The van der Waals surface area contributed by atoms with Gasteiger partial charge in [0.05, 0.1) is 6.61 Å². The number of carboxylic acids is 1. The number of hydrogen-bond acceptors (Lipinski definition) is 6. The van der Waals surface area contributed by atoms with Gasteiger partial charge in [0, 0.05) is 12.0 Å². The number of rotatable bonds is 9. The molecule has 1 saturated carbocycles. The van der Waals surface area contributed by atoms with Gasteiger partial charge < -0.3 is 14.7 Å². The zero-order valence-corrected chi connectivity index (χ0v) is 20.0. The fourth-order valence-corrected chi connectivity index (χ4v) is 6.60. The normalized spacial score (nSPS) is 24.2. The van der Waals surface area contributed by atoms with E-state index in [0.29, 0.717) is 19.3 Å². The number of benzene rings is 2. The first kappa shape index (κ1) is 24.1. The Morgan fingerprint density at radius 3 is 2.36 bits per heavy atom. The second kappa shape index (κ2) is 9.79. The van der Waals surface area contributed by atoms with Crippen LogP contribution in [0.4, 0.5) is 4.79 Å². The Kier molecular flexibility index (Phi) is 6.55. The molecule has 9 heteroatoms. The lowest BCUT2D eigenvalue weighted by Gasteiger charge is -2.37. The zero-order valence-electron chi connectivity index (χ0n) is 20.0. The maximum Gasteiger partial charge on any atom is 0.411 e. The quantitative estimate of drug-likeness (QED) is 0.296. The van der Waals surface area contributed by atoms with Gasteiger partial charge in [0.15, 0.2) is 0 Å². The van der Waals surface area contributed by atoms with Crippen molar-refractivity contribution in [3.8, 4) is 11.1 Å². The number of likely N-dealkylation sites (tertiary alicyclic amines) is 1. The molecule has 0 bridgehead atoms. The number of amides is 1. The number of fused-ring (bicyclic) bond motifs is 4. The van der Waals surface area contributed by atoms with Crippen molar-refractivity contribution < 1.29 is 29.4 Å². The van der Waals surface area contributed by atoms with Crippen molar-refractivity contribution in [2.24, 2.45) is 5.92 Å². The predicted octanol–water partition coefficient (Wildman–Crippen LogP) is 5.01. The molecule has 2 aliphatic carbocycles. The molecule has 5 rings (SSSR count). The van der Waals surface area contributed by atoms with Gasteiger partial charge in [-0.3, -0.25) is 4.90 Å². The van der Waals surface area contributed by atoms with E-state index in [9.17, 15) is 24.8 Å². The first-order valence-corrected chi connectivity index (χ1v) is 12.6. The summed E-state index contributed by atoms with van der Waals surface area (Å²) < 4.78 is 5.91. The Labute approximate surface area is 209 Å². The van der Waals surface area contributed by atoms with Crippen LogP contribution in [0.5, 0.6) is 0 Å². The van der Waals surface area contributed by atoms with Gasteiger partial charge in [-0.15, -0.1) is 10.1 Å². The van der Waals surface area contributed by atoms with E-state index < -0.39 is 22.7 Å². The van der Waals surface area contributed by atoms with Crippen LogP contribution in [0.3, 0.4) is 0 Å². The van der Waals surface area contributed by atoms with Crippen molar-refractivity contribution >= 4 is 12.1 Å². The van der Waals surface area contributed by atoms with E-state index in [4.69, 9.17) is 4.74 Å². The number of carboxylic acid groups (broad SMARTS) is 1. The number of hydrogen-bond donors (Lipinski definition) is 1. The SMILES string of the molecule is O=C(OCC1c2ccccc2-c2ccccc21)N1[C@H]2CCC[C@H]2C[C@@]1(CCCCO[N+](=O)[O-])C(=O)O. The fraction of sp³-hybridized carbons (Fsp3) is 0.481. The molecule has 190 valence electrons. The van der Waals surface area contributed by atoms with Gasteiger partial charge in [-0.2, -0.15) is 0 Å². The summed E-state index contributed by atoms with van der Waals surface area (Å²) in [5.74, 6) is -1.03. The summed E-state index contributed by atoms with van der Waals surface area (Å²) in [6.07, 6.45) is 3.33. The highest BCUT2D eigenvalue weighted by molar-refractivity contribution is 5.86. The van der Waals surface area contributed by atoms with Gasteiger partial charge >= 0.3 is 12.1 Å². The van der Waals surface area contributed by atoms with E-state index >= 15 is 0 Å². The van der Waals surface area contributed by atoms with Gasteiger partial charge in [-0.25, -0.2) is 9.59 Å². The molecule has 1 saturated heterocycles. The second-order valence-electron chi connectivity index (χ2n) is 9.99. The maximum absolute atomic E-state index is 13.6. The highest BCUT2D eigenvalue weighted by atomic mass is 16.9. The Morgan fingerprint density at radius 1 is 1.06 bits per heavy atom. The van der Waals surface area contributed by atoms with E-state index in [-0.39, 0.29) is 37.5 Å². The van der Waals surface area contributed by atoms with Crippen LogP contribution < -0.4 is 0 Å². The van der Waals surface area contributed by atoms with Crippen LogP contribution in [0.2, 0.25) is 0 Å². The van der Waals surface area contributed by atoms with E-state index in [1.807, 2.05) is 36.4 Å². The van der Waals surface area contributed by atoms with Crippen molar-refractivity contribution in [2.75, 3.05) is 13.2 Å². The van der Waals surface area contributed by atoms with Crippen molar-refractivity contribution in [1.29, 1.82) is 0 Å². The van der Waals surface area contributed by atoms with Crippen LogP contribution in [0.25, 0.3) is 11.1 Å². The van der Waals surface area contributed by atoms with Crippen molar-refractivity contribution in [1.82, 2.24) is 4.90 Å². The largest absolute Gasteiger partial charge is 0.479 e. The average Bonchev–Trinajstić information content (AvgIpc) is 3.52. The lowest BCUT2D eigenvalue weighted by molar-refractivity contribution is -0.757. The standard InChI is InChI=1S/C27H30N2O7/c30-25(31)27(14-5-6-15-36-29(33)34)16-18-8-7-13-24(18)28(27)26(32)35-17-23-21-11-3-1-9-19(21)20-10-2-4-12-22(20)23/h1-4,9-12,18,23-24H,5-8,13-17H2,(H,30,31)/t18-,24-,27-/m0/s1. The molecule has 1 heterocycles. The maximum atomic E-state index is 13.6. The van der Waals surface area contributed by atoms with Crippen LogP contribution in [0.1, 0.15) is 62.0 Å². The third-order valence-corrected chi connectivity index (χ3v) is 8.12. The molecule has 1 amide bonds. The van der Waals surface area contributed by atoms with Crippen molar-refractivity contribution in [2.45, 2.75) is 62.4 Å². The third-order valence-electron chi connectivity index (χ3n) is 8.12. The lowest BCUT2D eigenvalue weighted by Crippen LogP contribution is -2.56. The molecular weight excluding hydrogens is 464 g/mol. The van der Waals surface area contributed by atoms with Gasteiger partial charge in [0.1, 0.15) is 12.1 Å². The molecule has 2 aromatic rings. The second-order valence-corrected chi connectivity index (χ2v) is 9.99. The Morgan fingerprint density at radius 2 is 1.72 bits per heavy atom. The number of aliphatic carboxylic acids is 1. The minimum atomic E-state index is -1.37. The zero-order chi connectivity index (χ0) is 25.3. The van der Waals surface area contributed by atoms with Crippen LogP contribution in [0, 0.1) is 16.0 Å². The smallest absolute Gasteiger partial charge is 0.411 e. The molecule has 0 aromatic heterocycles. The average molecular weight is 495 g/mol. The molecular formula is C27H30N2O7. The molecule has 36 heavy (non-hydrogen) atoms. The van der Waals surface area contributed by atoms with E-state index in [1.165, 1.54) is 4.90 Å². The van der Waals surface area contributed by atoms with Gasteiger partial charge in [-0.1, -0.05) is 55.0 Å². The van der Waals surface area contributed by atoms with E-state index in [2.05, 4.69) is 17.0 Å². The first-order chi connectivity index (χ1) is 17.4. The van der Waals surface area contributed by atoms with Gasteiger partial charge in [0.25, 0.3) is 5.09 Å². The van der Waals surface area contributed by atoms with Crippen LogP contribution in [-0.2, 0) is 14.4 Å². The van der Waals surface area contributed by atoms with Crippen LogP contribution >= 0.6 is 0 Å². The summed E-state index contributed by atoms with van der Waals surface area (Å²) in [5, 5.41) is 19.9. The summed E-state index contributed by atoms with van der Waals surface area (Å²) in [4.78, 5) is 42.5. The summed E-state index contributed by atoms with van der Waals surface area (Å²) in [6.45, 7) is 0.0353. The lowest BCUT2D eigenvalue weighted by atomic mass is 9.86. The number of nitrogens with zero attached hydrogens (tertiary/aromatic N) is 2. The molecule has 3 atom stereocenters. The van der Waals surface area contributed by atoms with Crippen molar-refractivity contribution in [3.63, 3.8) is 0 Å². The molecule has 0 radical (unpaired) electrons. The Hall–Kier alpha value is -3.62. The number of ether oxygens (including phenoxy) is 1. The minimum Gasteiger partial charge on any atom is -0.479 e. The minimum absolute atomic E-state index is 0.0967. The van der Waals surface area contributed by atoms with Crippen molar-refractivity contribution in [3.05, 3.63) is 69.8 Å². The summed E-state index contributed by atoms with van der Waals surface area (Å²) in [6, 6.07) is 16.0. The highest BCUT2D eigenvalue weighted by Gasteiger charge is 2.59. The molecule has 2 fully saturated rings. The van der Waals surface area contributed by atoms with Crippen LogP contribution in [-0.4, -0.2) is 52.0 Å². The monoisotopic (exact) mass is 494 g/mol. The fourth-order valence-electron chi connectivity index (χ4n) is 6.60. The molecule has 0 unspecified atom stereocenters. The summed E-state index contributed by atoms with van der Waals surface area (Å²) in [5.41, 5.74) is 3.09. The third kappa shape index (κ3) is 4.16. The van der Waals surface area contributed by atoms with Gasteiger partial charge in [-0.05, 0) is 66.7 Å².